The lowest BCUT2D eigenvalue weighted by atomic mass is 9.86. The molecule has 124 valence electrons. The largest absolute Gasteiger partial charge is 0.325 e. The normalized spacial score (nSPS) is 26.3. The maximum Gasteiger partial charge on any atom is 0.235 e. The van der Waals surface area contributed by atoms with Crippen molar-refractivity contribution in [1.82, 2.24) is 10.0 Å². The molecular formula is C19H22N4O. The van der Waals surface area contributed by atoms with Crippen molar-refractivity contribution in [2.24, 2.45) is 10.4 Å². The monoisotopic (exact) mass is 322 g/mol. The third kappa shape index (κ3) is 2.59. The van der Waals surface area contributed by atoms with E-state index in [1.807, 2.05) is 58.2 Å². The molecule has 1 N–H and O–H groups in total. The summed E-state index contributed by atoms with van der Waals surface area (Å²) in [7, 11) is 1.99. The van der Waals surface area contributed by atoms with Gasteiger partial charge in [0.15, 0.2) is 6.17 Å². The van der Waals surface area contributed by atoms with Gasteiger partial charge < -0.3 is 5.32 Å². The first-order valence-corrected chi connectivity index (χ1v) is 7.96. The minimum Gasteiger partial charge on any atom is -0.325 e. The average molecular weight is 322 g/mol. The van der Waals surface area contributed by atoms with Crippen LogP contribution in [0.1, 0.15) is 26.3 Å². The van der Waals surface area contributed by atoms with Crippen LogP contribution in [0.3, 0.4) is 0 Å². The molecule has 0 radical (unpaired) electrons. The van der Waals surface area contributed by atoms with Crippen LogP contribution in [0.2, 0.25) is 0 Å². The van der Waals surface area contributed by atoms with E-state index in [1.165, 1.54) is 0 Å². The molecule has 24 heavy (non-hydrogen) atoms. The summed E-state index contributed by atoms with van der Waals surface area (Å²) in [6.45, 7) is 6.59. The van der Waals surface area contributed by atoms with Gasteiger partial charge in [-0.05, 0) is 51.1 Å². The molecule has 3 rings (SSSR count). The van der Waals surface area contributed by atoms with Crippen LogP contribution in [-0.2, 0) is 4.79 Å². The average Bonchev–Trinajstić information content (AvgIpc) is 2.80. The summed E-state index contributed by atoms with van der Waals surface area (Å²) in [5, 5.41) is 7.16. The van der Waals surface area contributed by atoms with Gasteiger partial charge in [0.05, 0.1) is 0 Å². The molecule has 2 aliphatic rings. The Labute approximate surface area is 143 Å². The Morgan fingerprint density at radius 3 is 2.67 bits per heavy atom. The number of anilines is 1. The molecule has 1 amide bonds. The molecule has 0 bridgehead atoms. The Morgan fingerprint density at radius 1 is 1.38 bits per heavy atom. The molecule has 0 aromatic heterocycles. The molecular weight excluding hydrogens is 300 g/mol. The number of allylic oxidation sites excluding steroid dienone is 2. The minimum absolute atomic E-state index is 0.0402. The zero-order valence-corrected chi connectivity index (χ0v) is 14.5. The third-order valence-corrected chi connectivity index (χ3v) is 4.66. The number of hydrazine groups is 1. The van der Waals surface area contributed by atoms with E-state index < -0.39 is 5.41 Å². The van der Waals surface area contributed by atoms with E-state index in [9.17, 15) is 4.79 Å². The highest BCUT2D eigenvalue weighted by atomic mass is 16.2. The van der Waals surface area contributed by atoms with Crippen LogP contribution < -0.4 is 5.32 Å². The van der Waals surface area contributed by atoms with Gasteiger partial charge in [-0.15, -0.1) is 6.42 Å². The highest BCUT2D eigenvalue weighted by molar-refractivity contribution is 5.98. The van der Waals surface area contributed by atoms with E-state index in [1.54, 1.807) is 0 Å². The van der Waals surface area contributed by atoms with Gasteiger partial charge in [0.2, 0.25) is 5.91 Å². The van der Waals surface area contributed by atoms with Crippen LogP contribution in [0.4, 0.5) is 5.69 Å². The van der Waals surface area contributed by atoms with Gasteiger partial charge in [0, 0.05) is 36.3 Å². The lowest BCUT2D eigenvalue weighted by Crippen LogP contribution is -2.46. The number of hydrogen-bond donors (Lipinski definition) is 1. The second-order valence-electron chi connectivity index (χ2n) is 6.68. The van der Waals surface area contributed by atoms with Crippen LogP contribution in [0.5, 0.6) is 0 Å². The predicted octanol–water partition coefficient (Wildman–Crippen LogP) is 2.48. The van der Waals surface area contributed by atoms with Crippen LogP contribution in [0.25, 0.3) is 0 Å². The van der Waals surface area contributed by atoms with E-state index in [-0.39, 0.29) is 12.1 Å². The quantitative estimate of drug-likeness (QED) is 0.851. The molecule has 1 aromatic rings. The van der Waals surface area contributed by atoms with Crippen molar-refractivity contribution in [3.63, 3.8) is 0 Å². The molecule has 2 aliphatic heterocycles. The van der Waals surface area contributed by atoms with Crippen molar-refractivity contribution in [3.8, 4) is 12.3 Å². The summed E-state index contributed by atoms with van der Waals surface area (Å²) < 4.78 is 0. The van der Waals surface area contributed by atoms with Gasteiger partial charge in [0.1, 0.15) is 5.41 Å². The maximum absolute atomic E-state index is 13.0. The molecule has 2 unspecified atom stereocenters. The fraction of sp³-hybridized carbons (Fsp3) is 0.368. The first kappa shape index (κ1) is 16.3. The lowest BCUT2D eigenvalue weighted by Gasteiger charge is -2.35. The summed E-state index contributed by atoms with van der Waals surface area (Å²) in [6, 6.07) is 7.29. The topological polar surface area (TPSA) is 47.9 Å². The highest BCUT2D eigenvalue weighted by Crippen LogP contribution is 2.40. The first-order valence-electron chi connectivity index (χ1n) is 7.96. The number of rotatable bonds is 2. The van der Waals surface area contributed by atoms with Crippen molar-refractivity contribution in [2.45, 2.75) is 26.9 Å². The lowest BCUT2D eigenvalue weighted by molar-refractivity contribution is -0.125. The second-order valence-corrected chi connectivity index (χ2v) is 6.68. The Hall–Kier alpha value is -2.58. The zero-order chi connectivity index (χ0) is 17.5. The number of hydrogen-bond acceptors (Lipinski definition) is 4. The number of aliphatic imine (C=N–C) groups is 1. The fourth-order valence-corrected chi connectivity index (χ4v) is 3.46. The number of carbonyl (C=O) groups is 1. The van der Waals surface area contributed by atoms with Gasteiger partial charge in [0.25, 0.3) is 0 Å². The highest BCUT2D eigenvalue weighted by Gasteiger charge is 2.53. The van der Waals surface area contributed by atoms with E-state index in [0.717, 1.165) is 22.7 Å². The first-order chi connectivity index (χ1) is 11.3. The number of amides is 1. The standard InChI is InChI=1S/C19H22N4O/c1-6-15-7-9-16(10-8-15)21-18(24)19(4)12-22(5)23-14(3)11-13(2)20-17(19)23/h1,7-11,17H,12H2,2-5H3,(H,21,24). The summed E-state index contributed by atoms with van der Waals surface area (Å²) in [4.78, 5) is 17.7. The smallest absolute Gasteiger partial charge is 0.235 e. The van der Waals surface area contributed by atoms with Gasteiger partial charge in [-0.1, -0.05) is 5.92 Å². The fourth-order valence-electron chi connectivity index (χ4n) is 3.46. The maximum atomic E-state index is 13.0. The molecule has 2 atom stereocenters. The number of nitrogens with zero attached hydrogens (tertiary/aromatic N) is 3. The second kappa shape index (κ2) is 5.81. The predicted molar refractivity (Wildman–Crippen MR) is 96.2 cm³/mol. The van der Waals surface area contributed by atoms with E-state index >= 15 is 0 Å². The molecule has 1 saturated heterocycles. The zero-order valence-electron chi connectivity index (χ0n) is 14.5. The van der Waals surface area contributed by atoms with Crippen molar-refractivity contribution >= 4 is 17.3 Å². The Morgan fingerprint density at radius 2 is 2.04 bits per heavy atom. The third-order valence-electron chi connectivity index (χ3n) is 4.66. The number of terminal acetylenes is 1. The molecule has 0 saturated carbocycles. The van der Waals surface area contributed by atoms with E-state index in [4.69, 9.17) is 11.4 Å². The van der Waals surface area contributed by atoms with Crippen LogP contribution in [-0.4, -0.2) is 41.4 Å². The van der Waals surface area contributed by atoms with Crippen molar-refractivity contribution in [2.75, 3.05) is 18.9 Å². The summed E-state index contributed by atoms with van der Waals surface area (Å²) in [5.41, 5.74) is 2.94. The van der Waals surface area contributed by atoms with Gasteiger partial charge in [-0.3, -0.25) is 14.8 Å². The van der Waals surface area contributed by atoms with Crippen molar-refractivity contribution in [3.05, 3.63) is 41.6 Å². The van der Waals surface area contributed by atoms with Gasteiger partial charge in [-0.2, -0.15) is 0 Å². The number of fused-ring (bicyclic) bond motifs is 1. The molecule has 1 fully saturated rings. The van der Waals surface area contributed by atoms with Crippen molar-refractivity contribution < 1.29 is 4.79 Å². The van der Waals surface area contributed by atoms with Gasteiger partial charge >= 0.3 is 0 Å². The summed E-state index contributed by atoms with van der Waals surface area (Å²) >= 11 is 0. The molecule has 2 heterocycles. The van der Waals surface area contributed by atoms with Crippen LogP contribution >= 0.6 is 0 Å². The van der Waals surface area contributed by atoms with Crippen LogP contribution in [0.15, 0.2) is 41.0 Å². The van der Waals surface area contributed by atoms with Crippen molar-refractivity contribution in [1.29, 1.82) is 0 Å². The van der Waals surface area contributed by atoms with Gasteiger partial charge in [-0.25, -0.2) is 5.01 Å². The minimum atomic E-state index is -0.643. The van der Waals surface area contributed by atoms with Crippen LogP contribution in [0, 0.1) is 17.8 Å². The Balaban J connectivity index is 1.86. The summed E-state index contributed by atoms with van der Waals surface area (Å²) in [5.74, 6) is 2.53. The SMILES string of the molecule is C#Cc1ccc(NC(=O)C2(C)CN(C)N3C(C)=CC(C)=NC32)cc1. The Bertz CT molecular complexity index is 772. The molecule has 5 nitrogen and oxygen atoms in total. The van der Waals surface area contributed by atoms with E-state index in [2.05, 4.69) is 21.3 Å². The molecule has 0 aliphatic carbocycles. The Kier molecular flexibility index (Phi) is 3.94. The number of nitrogens with one attached hydrogen (secondary N) is 1. The summed E-state index contributed by atoms with van der Waals surface area (Å²) in [6.07, 6.45) is 7.18. The molecule has 0 spiro atoms. The number of carbonyl (C=O) groups excluding carboxylic acids is 1. The molecule has 5 heteroatoms. The molecule has 1 aromatic carbocycles. The number of benzene rings is 1. The van der Waals surface area contributed by atoms with E-state index in [0.29, 0.717) is 6.54 Å².